The summed E-state index contributed by atoms with van der Waals surface area (Å²) in [5.41, 5.74) is 12.0. The molecular formula is C32H33ClN6O. The van der Waals surface area contributed by atoms with Crippen LogP contribution in [0.25, 0.3) is 16.6 Å². The summed E-state index contributed by atoms with van der Waals surface area (Å²) in [6, 6.07) is 25.9. The lowest BCUT2D eigenvalue weighted by molar-refractivity contribution is 0.103. The Balaban J connectivity index is 1.18. The molecule has 2 aromatic heterocycles. The van der Waals surface area contributed by atoms with Crippen molar-refractivity contribution in [2.75, 3.05) is 30.7 Å². The maximum absolute atomic E-state index is 13.4. The highest BCUT2D eigenvalue weighted by molar-refractivity contribution is 6.30. The van der Waals surface area contributed by atoms with E-state index in [1.807, 2.05) is 43.3 Å². The van der Waals surface area contributed by atoms with E-state index in [0.717, 1.165) is 37.2 Å². The molecule has 0 bridgehead atoms. The molecule has 1 saturated heterocycles. The van der Waals surface area contributed by atoms with Crippen LogP contribution < -0.4 is 11.1 Å². The van der Waals surface area contributed by atoms with Crippen LogP contribution in [0.1, 0.15) is 52.6 Å². The predicted molar refractivity (Wildman–Crippen MR) is 163 cm³/mol. The number of aromatic nitrogens is 3. The molecule has 0 radical (unpaired) electrons. The molecular weight excluding hydrogens is 520 g/mol. The zero-order chi connectivity index (χ0) is 27.6. The summed E-state index contributed by atoms with van der Waals surface area (Å²) in [4.78, 5) is 19.5. The van der Waals surface area contributed by atoms with E-state index in [2.05, 4.69) is 50.6 Å². The quantitative estimate of drug-likeness (QED) is 0.139. The number of nitrogen functional groups attached to an aromatic ring is 1. The highest BCUT2D eigenvalue weighted by Gasteiger charge is 2.27. The van der Waals surface area contributed by atoms with Crippen molar-refractivity contribution >= 4 is 39.8 Å². The Morgan fingerprint density at radius 3 is 2.65 bits per heavy atom. The second-order valence-corrected chi connectivity index (χ2v) is 10.9. The highest BCUT2D eigenvalue weighted by atomic mass is 35.5. The van der Waals surface area contributed by atoms with Crippen LogP contribution in [0.4, 0.5) is 11.5 Å². The number of benzene rings is 3. The first-order chi connectivity index (χ1) is 19.5. The minimum Gasteiger partial charge on any atom is -0.394 e. The van der Waals surface area contributed by atoms with Crippen molar-refractivity contribution in [3.05, 3.63) is 106 Å². The van der Waals surface area contributed by atoms with E-state index in [9.17, 15) is 4.79 Å². The average molecular weight is 553 g/mol. The van der Waals surface area contributed by atoms with E-state index in [4.69, 9.17) is 17.3 Å². The second kappa shape index (κ2) is 11.2. The lowest BCUT2D eigenvalue weighted by atomic mass is 10.1. The van der Waals surface area contributed by atoms with Gasteiger partial charge in [-0.1, -0.05) is 59.6 Å². The number of carbonyl (C=O) groups is 1. The van der Waals surface area contributed by atoms with Crippen LogP contribution >= 0.6 is 11.6 Å². The number of ketones is 1. The number of halogens is 1. The van der Waals surface area contributed by atoms with Gasteiger partial charge in [0, 0.05) is 40.9 Å². The molecule has 1 aliphatic rings. The van der Waals surface area contributed by atoms with Crippen LogP contribution in [-0.4, -0.2) is 45.1 Å². The number of nitrogens with two attached hydrogens (primary N) is 1. The molecule has 0 amide bonds. The number of nitrogens with one attached hydrogen (secondary N) is 2. The van der Waals surface area contributed by atoms with Crippen LogP contribution in [0.2, 0.25) is 5.02 Å². The Bertz CT molecular complexity index is 1600. The van der Waals surface area contributed by atoms with Crippen molar-refractivity contribution < 1.29 is 4.79 Å². The number of aryl methyl sites for hydroxylation is 1. The molecule has 6 rings (SSSR count). The van der Waals surface area contributed by atoms with Crippen molar-refractivity contribution in [1.82, 2.24) is 19.7 Å². The predicted octanol–water partition coefficient (Wildman–Crippen LogP) is 6.77. The second-order valence-electron chi connectivity index (χ2n) is 10.5. The van der Waals surface area contributed by atoms with Gasteiger partial charge in [0.25, 0.3) is 0 Å². The van der Waals surface area contributed by atoms with Crippen molar-refractivity contribution in [3.63, 3.8) is 0 Å². The fourth-order valence-corrected chi connectivity index (χ4v) is 5.71. The molecule has 204 valence electrons. The molecule has 5 aromatic rings. The molecule has 3 heterocycles. The lowest BCUT2D eigenvalue weighted by Crippen LogP contribution is -2.26. The van der Waals surface area contributed by atoms with Gasteiger partial charge >= 0.3 is 0 Å². The molecule has 1 aliphatic heterocycles. The molecule has 7 nitrogen and oxygen atoms in total. The van der Waals surface area contributed by atoms with Crippen LogP contribution in [0.15, 0.2) is 78.9 Å². The minimum absolute atomic E-state index is 0.202. The molecule has 0 spiro atoms. The average Bonchev–Trinajstić information content (AvgIpc) is 3.69. The van der Waals surface area contributed by atoms with Gasteiger partial charge in [-0.05, 0) is 74.5 Å². The van der Waals surface area contributed by atoms with Gasteiger partial charge in [-0.2, -0.15) is 5.10 Å². The summed E-state index contributed by atoms with van der Waals surface area (Å²) in [5.74, 6) is 0.415. The molecule has 1 unspecified atom stereocenters. The maximum Gasteiger partial charge on any atom is 0.215 e. The summed E-state index contributed by atoms with van der Waals surface area (Å²) in [5, 5.41) is 10.0. The molecule has 1 atom stereocenters. The Labute approximate surface area is 238 Å². The number of hydrogen-bond donors (Lipinski definition) is 3. The first kappa shape index (κ1) is 26.2. The molecule has 40 heavy (non-hydrogen) atoms. The van der Waals surface area contributed by atoms with Gasteiger partial charge in [-0.3, -0.25) is 9.69 Å². The Kier molecular flexibility index (Phi) is 7.32. The number of fused-ring (bicyclic) bond motifs is 1. The molecule has 0 saturated carbocycles. The van der Waals surface area contributed by atoms with Crippen LogP contribution in [-0.2, 0) is 0 Å². The smallest absolute Gasteiger partial charge is 0.215 e. The molecule has 4 N–H and O–H groups in total. The first-order valence-electron chi connectivity index (χ1n) is 13.8. The van der Waals surface area contributed by atoms with Gasteiger partial charge in [-0.25, -0.2) is 4.68 Å². The third-order valence-electron chi connectivity index (χ3n) is 7.71. The Morgan fingerprint density at radius 1 is 1.10 bits per heavy atom. The van der Waals surface area contributed by atoms with E-state index in [-0.39, 0.29) is 11.5 Å². The summed E-state index contributed by atoms with van der Waals surface area (Å²) in [6.07, 6.45) is 3.26. The molecule has 3 aromatic carbocycles. The number of hydrogen-bond acceptors (Lipinski definition) is 5. The zero-order valence-electron chi connectivity index (χ0n) is 22.5. The van der Waals surface area contributed by atoms with E-state index >= 15 is 0 Å². The lowest BCUT2D eigenvalue weighted by Gasteiger charge is -2.23. The van der Waals surface area contributed by atoms with E-state index in [0.29, 0.717) is 34.7 Å². The largest absolute Gasteiger partial charge is 0.394 e. The third-order valence-corrected chi connectivity index (χ3v) is 7.96. The zero-order valence-corrected chi connectivity index (χ0v) is 23.3. The van der Waals surface area contributed by atoms with Crippen LogP contribution in [0.5, 0.6) is 0 Å². The van der Waals surface area contributed by atoms with Crippen molar-refractivity contribution in [3.8, 4) is 5.69 Å². The number of likely N-dealkylation sites (tertiary alicyclic amines) is 1. The minimum atomic E-state index is -0.202. The van der Waals surface area contributed by atoms with Crippen LogP contribution in [0.3, 0.4) is 0 Å². The fraction of sp³-hybridized carbons (Fsp3) is 0.250. The summed E-state index contributed by atoms with van der Waals surface area (Å²) in [6.45, 7) is 4.72. The molecule has 8 heteroatoms. The Hall–Kier alpha value is -4.07. The van der Waals surface area contributed by atoms with E-state index in [1.54, 1.807) is 16.8 Å². The van der Waals surface area contributed by atoms with E-state index in [1.165, 1.54) is 23.0 Å². The number of H-pyrrole nitrogens is 1. The number of carbonyl (C=O) groups excluding carboxylic acids is 1. The van der Waals surface area contributed by atoms with Gasteiger partial charge in [0.1, 0.15) is 5.69 Å². The maximum atomic E-state index is 13.4. The topological polar surface area (TPSA) is 92.0 Å². The van der Waals surface area contributed by atoms with Gasteiger partial charge in [0.2, 0.25) is 5.78 Å². The third kappa shape index (κ3) is 5.22. The van der Waals surface area contributed by atoms with Crippen molar-refractivity contribution in [2.45, 2.75) is 32.2 Å². The van der Waals surface area contributed by atoms with Crippen molar-refractivity contribution in [1.29, 1.82) is 0 Å². The van der Waals surface area contributed by atoms with Gasteiger partial charge < -0.3 is 16.0 Å². The van der Waals surface area contributed by atoms with Gasteiger partial charge in [0.15, 0.2) is 11.5 Å². The summed E-state index contributed by atoms with van der Waals surface area (Å²) >= 11 is 6.13. The first-order valence-corrected chi connectivity index (χ1v) is 14.2. The van der Waals surface area contributed by atoms with E-state index < -0.39 is 0 Å². The van der Waals surface area contributed by atoms with Crippen molar-refractivity contribution in [2.24, 2.45) is 0 Å². The number of anilines is 2. The molecule has 0 aliphatic carbocycles. The van der Waals surface area contributed by atoms with Gasteiger partial charge in [-0.15, -0.1) is 0 Å². The number of nitrogens with zero attached hydrogens (tertiary/aromatic N) is 3. The SMILES string of the molecule is Cc1ccc(C(=O)c2nn(-c3ccc(Cl)cc3)c(NCCCN3CCCC3c3cc4ccccc4[nH]3)c2N)cc1. The summed E-state index contributed by atoms with van der Waals surface area (Å²) in [7, 11) is 0. The number of rotatable bonds is 9. The summed E-state index contributed by atoms with van der Waals surface area (Å²) < 4.78 is 1.70. The molecule has 1 fully saturated rings. The number of aromatic amines is 1. The number of para-hydroxylation sites is 1. The monoisotopic (exact) mass is 552 g/mol. The normalized spacial score (nSPS) is 15.6. The standard InChI is InChI=1S/C32H33ClN6O/c1-21-9-11-22(12-10-21)31(40)30-29(34)32(39(37-30)25-15-13-24(33)14-16-25)35-17-5-19-38-18-4-8-28(38)27-20-23-6-2-3-7-26(23)36-27/h2-3,6-7,9-16,20,28,35-36H,4-5,8,17-19,34H2,1H3. The Morgan fingerprint density at radius 2 is 1.88 bits per heavy atom. The van der Waals surface area contributed by atoms with Crippen LogP contribution in [0, 0.1) is 6.92 Å². The van der Waals surface area contributed by atoms with Gasteiger partial charge in [0.05, 0.1) is 5.69 Å². The highest BCUT2D eigenvalue weighted by Crippen LogP contribution is 2.33. The fourth-order valence-electron chi connectivity index (χ4n) is 5.59.